The molecule has 1 aliphatic rings. The molecule has 64 valence electrons. The Morgan fingerprint density at radius 3 is 2.91 bits per heavy atom. The summed E-state index contributed by atoms with van der Waals surface area (Å²) in [6.45, 7) is 0.511. The molecule has 0 amide bonds. The first-order valence-electron chi connectivity index (χ1n) is 3.63. The van der Waals surface area contributed by atoms with Crippen LogP contribution in [0.1, 0.15) is 6.42 Å². The van der Waals surface area contributed by atoms with Gasteiger partial charge in [0.1, 0.15) is 6.10 Å². The van der Waals surface area contributed by atoms with E-state index < -0.39 is 12.4 Å². The van der Waals surface area contributed by atoms with Crippen molar-refractivity contribution in [3.05, 3.63) is 0 Å². The standard InChI is InChI=1S/C6H13BO4/c1-9-6-5(8)2-4(11-6)3-10-7/h4-6,8H,2-3,7H2,1H3. The van der Waals surface area contributed by atoms with E-state index in [-0.39, 0.29) is 6.10 Å². The van der Waals surface area contributed by atoms with Crippen LogP contribution in [0, 0.1) is 0 Å². The minimum atomic E-state index is -0.514. The lowest BCUT2D eigenvalue weighted by Crippen LogP contribution is -2.22. The summed E-state index contributed by atoms with van der Waals surface area (Å²) >= 11 is 0. The van der Waals surface area contributed by atoms with Crippen LogP contribution in [-0.2, 0) is 14.1 Å². The molecule has 11 heavy (non-hydrogen) atoms. The Morgan fingerprint density at radius 1 is 1.73 bits per heavy atom. The van der Waals surface area contributed by atoms with Crippen LogP contribution >= 0.6 is 0 Å². The van der Waals surface area contributed by atoms with Crippen molar-refractivity contribution in [3.63, 3.8) is 0 Å². The second-order valence-electron chi connectivity index (χ2n) is 2.62. The van der Waals surface area contributed by atoms with E-state index in [9.17, 15) is 5.11 Å². The van der Waals surface area contributed by atoms with Crippen molar-refractivity contribution in [3.8, 4) is 0 Å². The molecule has 5 heteroatoms. The van der Waals surface area contributed by atoms with Crippen molar-refractivity contribution in [1.29, 1.82) is 0 Å². The number of methoxy groups -OCH3 is 1. The number of rotatable bonds is 3. The normalized spacial score (nSPS) is 37.8. The number of hydrogen-bond donors (Lipinski definition) is 1. The molecule has 1 heterocycles. The molecule has 0 saturated carbocycles. The Kier molecular flexibility index (Phi) is 3.32. The van der Waals surface area contributed by atoms with E-state index in [0.717, 1.165) is 0 Å². The molecule has 1 aliphatic heterocycles. The smallest absolute Gasteiger partial charge is 0.257 e. The number of aliphatic hydroxyl groups excluding tert-OH is 1. The minimum absolute atomic E-state index is 0.0278. The van der Waals surface area contributed by atoms with E-state index in [2.05, 4.69) is 0 Å². The SMILES string of the molecule is BOCC1CC(O)C(OC)O1. The lowest BCUT2D eigenvalue weighted by Gasteiger charge is -2.11. The van der Waals surface area contributed by atoms with E-state index >= 15 is 0 Å². The Labute approximate surface area is 66.9 Å². The quantitative estimate of drug-likeness (QED) is 0.520. The van der Waals surface area contributed by atoms with Crippen LogP contribution in [0.2, 0.25) is 0 Å². The zero-order valence-corrected chi connectivity index (χ0v) is 6.82. The highest BCUT2D eigenvalue weighted by molar-refractivity contribution is 5.97. The van der Waals surface area contributed by atoms with E-state index in [4.69, 9.17) is 14.1 Å². The van der Waals surface area contributed by atoms with Gasteiger partial charge in [0.25, 0.3) is 8.05 Å². The maximum Gasteiger partial charge on any atom is 0.257 e. The molecule has 3 atom stereocenters. The molecule has 4 nitrogen and oxygen atoms in total. The first-order valence-corrected chi connectivity index (χ1v) is 3.63. The Balaban J connectivity index is 2.30. The summed E-state index contributed by atoms with van der Waals surface area (Å²) in [6, 6.07) is 0. The maximum absolute atomic E-state index is 9.28. The summed E-state index contributed by atoms with van der Waals surface area (Å²) in [5.74, 6) is 0. The third-order valence-corrected chi connectivity index (χ3v) is 1.73. The van der Waals surface area contributed by atoms with Crippen LogP contribution in [-0.4, -0.2) is 45.4 Å². The molecule has 1 rings (SSSR count). The minimum Gasteiger partial charge on any atom is -0.441 e. The van der Waals surface area contributed by atoms with Crippen LogP contribution in [0.5, 0.6) is 0 Å². The molecule has 1 N–H and O–H groups in total. The van der Waals surface area contributed by atoms with Gasteiger partial charge in [-0.3, -0.25) is 0 Å². The van der Waals surface area contributed by atoms with E-state index in [0.29, 0.717) is 13.0 Å². The van der Waals surface area contributed by atoms with E-state index in [1.54, 1.807) is 8.05 Å². The van der Waals surface area contributed by atoms with Crippen molar-refractivity contribution in [1.82, 2.24) is 0 Å². The largest absolute Gasteiger partial charge is 0.441 e. The van der Waals surface area contributed by atoms with Gasteiger partial charge in [-0.25, -0.2) is 0 Å². The molecule has 0 aromatic rings. The molecule has 1 saturated heterocycles. The van der Waals surface area contributed by atoms with Crippen molar-refractivity contribution in [2.45, 2.75) is 24.9 Å². The van der Waals surface area contributed by atoms with Gasteiger partial charge < -0.3 is 19.2 Å². The average Bonchev–Trinajstić information content (AvgIpc) is 2.32. The van der Waals surface area contributed by atoms with Gasteiger partial charge in [-0.15, -0.1) is 0 Å². The molecular weight excluding hydrogens is 147 g/mol. The predicted octanol–water partition coefficient (Wildman–Crippen LogP) is -1.33. The first kappa shape index (κ1) is 9.00. The molecule has 0 aliphatic carbocycles. The van der Waals surface area contributed by atoms with Crippen LogP contribution in [0.4, 0.5) is 0 Å². The summed E-state index contributed by atoms with van der Waals surface area (Å²) in [6.07, 6.45) is -0.429. The summed E-state index contributed by atoms with van der Waals surface area (Å²) in [4.78, 5) is 0. The van der Waals surface area contributed by atoms with Crippen LogP contribution in [0.15, 0.2) is 0 Å². The molecule has 0 aromatic carbocycles. The second-order valence-corrected chi connectivity index (χ2v) is 2.62. The highest BCUT2D eigenvalue weighted by Crippen LogP contribution is 2.20. The lowest BCUT2D eigenvalue weighted by molar-refractivity contribution is -0.151. The van der Waals surface area contributed by atoms with Gasteiger partial charge in [-0.2, -0.15) is 0 Å². The van der Waals surface area contributed by atoms with Gasteiger partial charge in [0.15, 0.2) is 6.29 Å². The molecule has 0 spiro atoms. The first-order chi connectivity index (χ1) is 5.27. The van der Waals surface area contributed by atoms with Crippen LogP contribution in [0.3, 0.4) is 0 Å². The predicted molar refractivity (Wildman–Crippen MR) is 40.8 cm³/mol. The van der Waals surface area contributed by atoms with Gasteiger partial charge in [0.05, 0.1) is 12.7 Å². The van der Waals surface area contributed by atoms with Gasteiger partial charge in [-0.1, -0.05) is 0 Å². The highest BCUT2D eigenvalue weighted by atomic mass is 16.7. The summed E-state index contributed by atoms with van der Waals surface area (Å²) in [7, 11) is 3.12. The average molecular weight is 160 g/mol. The molecule has 0 aromatic heterocycles. The van der Waals surface area contributed by atoms with Crippen LogP contribution in [0.25, 0.3) is 0 Å². The van der Waals surface area contributed by atoms with Gasteiger partial charge >= 0.3 is 0 Å². The van der Waals surface area contributed by atoms with Gasteiger partial charge in [-0.05, 0) is 0 Å². The Morgan fingerprint density at radius 2 is 2.45 bits per heavy atom. The maximum atomic E-state index is 9.28. The fourth-order valence-electron chi connectivity index (χ4n) is 1.22. The molecule has 0 bridgehead atoms. The van der Waals surface area contributed by atoms with Crippen molar-refractivity contribution < 1.29 is 19.2 Å². The van der Waals surface area contributed by atoms with E-state index in [1.807, 2.05) is 0 Å². The monoisotopic (exact) mass is 160 g/mol. The Bertz CT molecular complexity index is 121. The molecule has 3 unspecified atom stereocenters. The fraction of sp³-hybridized carbons (Fsp3) is 1.00. The molecule has 0 radical (unpaired) electrons. The van der Waals surface area contributed by atoms with Crippen molar-refractivity contribution >= 4 is 8.05 Å². The number of hydrogen-bond acceptors (Lipinski definition) is 4. The number of ether oxygens (including phenoxy) is 2. The van der Waals surface area contributed by atoms with Gasteiger partial charge in [0.2, 0.25) is 0 Å². The summed E-state index contributed by atoms with van der Waals surface area (Å²) < 4.78 is 15.0. The van der Waals surface area contributed by atoms with Crippen molar-refractivity contribution in [2.24, 2.45) is 0 Å². The second kappa shape index (κ2) is 4.06. The number of aliphatic hydroxyl groups is 1. The summed E-state index contributed by atoms with van der Waals surface area (Å²) in [5.41, 5.74) is 0. The summed E-state index contributed by atoms with van der Waals surface area (Å²) in [5, 5.41) is 9.28. The Hall–Kier alpha value is -0.0951. The van der Waals surface area contributed by atoms with Crippen molar-refractivity contribution in [2.75, 3.05) is 13.7 Å². The third-order valence-electron chi connectivity index (χ3n) is 1.73. The lowest BCUT2D eigenvalue weighted by atomic mass is 10.2. The van der Waals surface area contributed by atoms with E-state index in [1.165, 1.54) is 7.11 Å². The van der Waals surface area contributed by atoms with Crippen LogP contribution < -0.4 is 0 Å². The molecule has 1 fully saturated rings. The third kappa shape index (κ3) is 2.17. The zero-order chi connectivity index (χ0) is 8.27. The van der Waals surface area contributed by atoms with Gasteiger partial charge in [0, 0.05) is 13.5 Å². The molecular formula is C6H13BO4. The highest BCUT2D eigenvalue weighted by Gasteiger charge is 2.33. The topological polar surface area (TPSA) is 47.9 Å². The fourth-order valence-corrected chi connectivity index (χ4v) is 1.22. The zero-order valence-electron chi connectivity index (χ0n) is 6.82.